The van der Waals surface area contributed by atoms with Gasteiger partial charge in [0.25, 0.3) is 0 Å². The molecule has 0 unspecified atom stereocenters. The molecule has 0 bridgehead atoms. The first kappa shape index (κ1) is 16.4. The molecule has 1 aromatic rings. The van der Waals surface area contributed by atoms with Crippen LogP contribution in [-0.4, -0.2) is 40.0 Å². The molecule has 2 heterocycles. The van der Waals surface area contributed by atoms with E-state index in [0.29, 0.717) is 18.2 Å². The van der Waals surface area contributed by atoms with Gasteiger partial charge in [-0.2, -0.15) is 0 Å². The zero-order valence-corrected chi connectivity index (χ0v) is 14.2. The summed E-state index contributed by atoms with van der Waals surface area (Å²) in [5.41, 5.74) is 0.139. The molecular weight excluding hydrogens is 312 g/mol. The van der Waals surface area contributed by atoms with Crippen molar-refractivity contribution in [1.29, 1.82) is 0 Å². The number of aromatic nitrogens is 1. The number of carbonyl (C=O) groups excluding carboxylic acids is 1. The van der Waals surface area contributed by atoms with Gasteiger partial charge in [-0.15, -0.1) is 11.3 Å². The Morgan fingerprint density at radius 2 is 1.91 bits per heavy atom. The van der Waals surface area contributed by atoms with E-state index in [0.717, 1.165) is 43.3 Å². The summed E-state index contributed by atoms with van der Waals surface area (Å²) in [6.07, 6.45) is 8.77. The van der Waals surface area contributed by atoms with Crippen LogP contribution >= 0.6 is 11.3 Å². The number of carbonyl (C=O) groups is 2. The van der Waals surface area contributed by atoms with Gasteiger partial charge in [-0.3, -0.25) is 4.79 Å². The van der Waals surface area contributed by atoms with Crippen LogP contribution in [0.2, 0.25) is 0 Å². The number of nitrogens with zero attached hydrogens (tertiary/aromatic N) is 2. The quantitative estimate of drug-likeness (QED) is 0.893. The Balaban J connectivity index is 1.45. The Hall–Kier alpha value is -1.43. The summed E-state index contributed by atoms with van der Waals surface area (Å²) in [4.78, 5) is 29.4. The van der Waals surface area contributed by atoms with Gasteiger partial charge in [0.1, 0.15) is 0 Å². The molecule has 23 heavy (non-hydrogen) atoms. The minimum atomic E-state index is -0.966. The first-order chi connectivity index (χ1) is 11.1. The average Bonchev–Trinajstić information content (AvgIpc) is 3.24. The Morgan fingerprint density at radius 3 is 2.52 bits per heavy atom. The molecule has 1 aliphatic carbocycles. The maximum absolute atomic E-state index is 12.3. The number of amides is 1. The van der Waals surface area contributed by atoms with Crippen molar-refractivity contribution in [3.8, 4) is 0 Å². The number of aromatic carboxylic acids is 1. The topological polar surface area (TPSA) is 70.5 Å². The number of carboxylic acids is 1. The number of thiazole rings is 1. The van der Waals surface area contributed by atoms with Crippen LogP contribution in [0.5, 0.6) is 0 Å². The van der Waals surface area contributed by atoms with Crippen molar-refractivity contribution >= 4 is 23.2 Å². The number of carboxylic acid groups (broad SMARTS) is 1. The van der Waals surface area contributed by atoms with Crippen LogP contribution in [0.25, 0.3) is 0 Å². The third kappa shape index (κ3) is 4.10. The van der Waals surface area contributed by atoms with Crippen molar-refractivity contribution in [2.75, 3.05) is 13.1 Å². The second-order valence-electron chi connectivity index (χ2n) is 6.72. The first-order valence-corrected chi connectivity index (χ1v) is 9.48. The van der Waals surface area contributed by atoms with Crippen LogP contribution in [0.15, 0.2) is 5.38 Å². The minimum Gasteiger partial charge on any atom is -0.476 e. The number of hydrogen-bond donors (Lipinski definition) is 1. The molecule has 0 atom stereocenters. The third-order valence-corrected chi connectivity index (χ3v) is 6.19. The van der Waals surface area contributed by atoms with Gasteiger partial charge in [0, 0.05) is 30.8 Å². The molecular formula is C17H24N2O3S. The summed E-state index contributed by atoms with van der Waals surface area (Å²) in [6, 6.07) is 0. The fourth-order valence-corrected chi connectivity index (χ4v) is 4.70. The van der Waals surface area contributed by atoms with E-state index < -0.39 is 5.97 Å². The molecule has 2 fully saturated rings. The van der Waals surface area contributed by atoms with E-state index in [1.807, 2.05) is 4.90 Å². The maximum atomic E-state index is 12.3. The van der Waals surface area contributed by atoms with Crippen molar-refractivity contribution < 1.29 is 14.7 Å². The highest BCUT2D eigenvalue weighted by Crippen LogP contribution is 2.32. The molecule has 1 aliphatic heterocycles. The normalized spacial score (nSPS) is 20.1. The molecule has 0 aromatic carbocycles. The summed E-state index contributed by atoms with van der Waals surface area (Å²) in [5, 5.41) is 11.5. The van der Waals surface area contributed by atoms with E-state index >= 15 is 0 Å². The van der Waals surface area contributed by atoms with Gasteiger partial charge >= 0.3 is 5.97 Å². The Morgan fingerprint density at radius 1 is 1.22 bits per heavy atom. The minimum absolute atomic E-state index is 0.139. The van der Waals surface area contributed by atoms with E-state index in [1.165, 1.54) is 37.0 Å². The number of piperidine rings is 1. The molecule has 6 heteroatoms. The van der Waals surface area contributed by atoms with Crippen molar-refractivity contribution in [3.63, 3.8) is 0 Å². The molecule has 0 radical (unpaired) electrons. The van der Waals surface area contributed by atoms with Crippen LogP contribution in [-0.2, 0) is 4.79 Å². The van der Waals surface area contributed by atoms with Crippen LogP contribution in [0.3, 0.4) is 0 Å². The van der Waals surface area contributed by atoms with E-state index in [2.05, 4.69) is 4.98 Å². The van der Waals surface area contributed by atoms with Gasteiger partial charge in [-0.1, -0.05) is 25.7 Å². The number of rotatable bonds is 5. The van der Waals surface area contributed by atoms with E-state index in [9.17, 15) is 9.59 Å². The molecule has 126 valence electrons. The second-order valence-corrected chi connectivity index (χ2v) is 7.61. The molecule has 1 N–H and O–H groups in total. The van der Waals surface area contributed by atoms with Crippen molar-refractivity contribution in [2.24, 2.45) is 5.92 Å². The Bertz CT molecular complexity index is 558. The molecule has 1 aromatic heterocycles. The van der Waals surface area contributed by atoms with Crippen LogP contribution < -0.4 is 0 Å². The first-order valence-electron chi connectivity index (χ1n) is 8.60. The third-order valence-electron chi connectivity index (χ3n) is 5.18. The predicted molar refractivity (Wildman–Crippen MR) is 88.8 cm³/mol. The van der Waals surface area contributed by atoms with Crippen LogP contribution in [0.4, 0.5) is 0 Å². The van der Waals surface area contributed by atoms with Crippen molar-refractivity contribution in [1.82, 2.24) is 9.88 Å². The summed E-state index contributed by atoms with van der Waals surface area (Å²) < 4.78 is 0. The lowest BCUT2D eigenvalue weighted by Crippen LogP contribution is -2.38. The largest absolute Gasteiger partial charge is 0.476 e. The zero-order valence-electron chi connectivity index (χ0n) is 13.4. The van der Waals surface area contributed by atoms with Gasteiger partial charge in [0.05, 0.1) is 5.01 Å². The van der Waals surface area contributed by atoms with E-state index in [1.54, 1.807) is 5.38 Å². The highest BCUT2D eigenvalue weighted by Gasteiger charge is 2.26. The summed E-state index contributed by atoms with van der Waals surface area (Å²) in [7, 11) is 0. The van der Waals surface area contributed by atoms with Gasteiger partial charge < -0.3 is 10.0 Å². The molecule has 1 amide bonds. The zero-order chi connectivity index (χ0) is 16.2. The Kier molecular flexibility index (Phi) is 5.30. The lowest BCUT2D eigenvalue weighted by atomic mass is 9.96. The van der Waals surface area contributed by atoms with Gasteiger partial charge in [0.2, 0.25) is 5.91 Å². The fourth-order valence-electron chi connectivity index (χ4n) is 3.73. The molecule has 2 aliphatic rings. The highest BCUT2D eigenvalue weighted by molar-refractivity contribution is 7.09. The van der Waals surface area contributed by atoms with Crippen molar-refractivity contribution in [2.45, 2.75) is 57.3 Å². The van der Waals surface area contributed by atoms with Gasteiger partial charge in [0.15, 0.2) is 5.69 Å². The number of hydrogen-bond acceptors (Lipinski definition) is 4. The number of likely N-dealkylation sites (tertiary alicyclic amines) is 1. The average molecular weight is 336 g/mol. The summed E-state index contributed by atoms with van der Waals surface area (Å²) in [5.74, 6) is 0.390. The molecule has 1 saturated heterocycles. The maximum Gasteiger partial charge on any atom is 0.355 e. The smallest absolute Gasteiger partial charge is 0.355 e. The molecule has 3 rings (SSSR count). The van der Waals surface area contributed by atoms with E-state index in [4.69, 9.17) is 5.11 Å². The summed E-state index contributed by atoms with van der Waals surface area (Å²) in [6.45, 7) is 1.55. The SMILES string of the molecule is O=C(O)c1csc(C2CCN(C(=O)CCC3CCCC3)CC2)n1. The van der Waals surface area contributed by atoms with Gasteiger partial charge in [-0.05, 0) is 25.2 Å². The second kappa shape index (κ2) is 7.43. The van der Waals surface area contributed by atoms with Crippen LogP contribution in [0, 0.1) is 5.92 Å². The molecule has 1 saturated carbocycles. The van der Waals surface area contributed by atoms with Gasteiger partial charge in [-0.25, -0.2) is 9.78 Å². The van der Waals surface area contributed by atoms with Crippen LogP contribution in [0.1, 0.15) is 72.8 Å². The highest BCUT2D eigenvalue weighted by atomic mass is 32.1. The summed E-state index contributed by atoms with van der Waals surface area (Å²) >= 11 is 1.43. The molecule has 5 nitrogen and oxygen atoms in total. The molecule has 0 spiro atoms. The lowest BCUT2D eigenvalue weighted by Gasteiger charge is -2.31. The van der Waals surface area contributed by atoms with Crippen molar-refractivity contribution in [3.05, 3.63) is 16.1 Å². The predicted octanol–water partition coefficient (Wildman–Crippen LogP) is 3.52. The standard InChI is InChI=1S/C17H24N2O3S/c20-15(6-5-12-3-1-2-4-12)19-9-7-13(8-10-19)16-18-14(11-23-16)17(21)22/h11-13H,1-10H2,(H,21,22). The monoisotopic (exact) mass is 336 g/mol. The lowest BCUT2D eigenvalue weighted by molar-refractivity contribution is -0.132. The van der Waals surface area contributed by atoms with E-state index in [-0.39, 0.29) is 5.69 Å². The Labute approximate surface area is 140 Å². The fraction of sp³-hybridized carbons (Fsp3) is 0.706.